The first-order chi connectivity index (χ1) is 9.63. The van der Waals surface area contributed by atoms with Gasteiger partial charge in [-0.2, -0.15) is 0 Å². The Hall–Kier alpha value is -2.00. The van der Waals surface area contributed by atoms with Gasteiger partial charge in [0, 0.05) is 10.4 Å². The van der Waals surface area contributed by atoms with E-state index in [-0.39, 0.29) is 11.9 Å². The van der Waals surface area contributed by atoms with E-state index < -0.39 is 0 Å². The molecule has 1 unspecified atom stereocenters. The van der Waals surface area contributed by atoms with Gasteiger partial charge in [-0.05, 0) is 37.3 Å². The Bertz CT molecular complexity index is 720. The van der Waals surface area contributed by atoms with Crippen LogP contribution in [0, 0.1) is 5.82 Å². The van der Waals surface area contributed by atoms with E-state index in [0.29, 0.717) is 10.7 Å². The number of nitrogens with one attached hydrogen (secondary N) is 1. The summed E-state index contributed by atoms with van der Waals surface area (Å²) in [6.07, 6.45) is 0. The molecule has 2 nitrogen and oxygen atoms in total. The molecule has 0 aliphatic rings. The molecule has 0 aliphatic heterocycles. The van der Waals surface area contributed by atoms with Crippen molar-refractivity contribution in [2.45, 2.75) is 13.0 Å². The van der Waals surface area contributed by atoms with Gasteiger partial charge in [0.1, 0.15) is 17.2 Å². The summed E-state index contributed by atoms with van der Waals surface area (Å²) in [5.74, 6) is 0.419. The Morgan fingerprint density at radius 3 is 2.75 bits per heavy atom. The number of halogens is 2. The number of hydrogen-bond acceptors (Lipinski definition) is 2. The second kappa shape index (κ2) is 5.17. The lowest BCUT2D eigenvalue weighted by molar-refractivity contribution is 0.524. The Balaban J connectivity index is 1.88. The number of anilines is 1. The predicted molar refractivity (Wildman–Crippen MR) is 79.7 cm³/mol. The van der Waals surface area contributed by atoms with Crippen LogP contribution >= 0.6 is 11.6 Å². The molecule has 0 spiro atoms. The summed E-state index contributed by atoms with van der Waals surface area (Å²) in [7, 11) is 0. The quantitative estimate of drug-likeness (QED) is 0.698. The van der Waals surface area contributed by atoms with E-state index in [0.717, 1.165) is 16.7 Å². The van der Waals surface area contributed by atoms with Crippen LogP contribution in [0.3, 0.4) is 0 Å². The molecule has 0 radical (unpaired) electrons. The standard InChI is InChI=1S/C16H13ClFNO/c1-10(19-14-9-12(17)6-7-13(14)18)16-8-11-4-2-3-5-15(11)20-16/h2-10,19H,1H3. The Morgan fingerprint density at radius 1 is 1.15 bits per heavy atom. The minimum absolute atomic E-state index is 0.157. The van der Waals surface area contributed by atoms with Crippen molar-refractivity contribution in [2.24, 2.45) is 0 Å². The van der Waals surface area contributed by atoms with E-state index in [1.165, 1.54) is 12.1 Å². The summed E-state index contributed by atoms with van der Waals surface area (Å²) in [5, 5.41) is 4.60. The van der Waals surface area contributed by atoms with Crippen molar-refractivity contribution in [3.63, 3.8) is 0 Å². The lowest BCUT2D eigenvalue weighted by atomic mass is 10.2. The average Bonchev–Trinajstić information content (AvgIpc) is 2.87. The molecule has 0 aliphatic carbocycles. The van der Waals surface area contributed by atoms with Gasteiger partial charge in [-0.15, -0.1) is 0 Å². The molecule has 0 fully saturated rings. The zero-order valence-electron chi connectivity index (χ0n) is 10.9. The maximum absolute atomic E-state index is 13.7. The highest BCUT2D eigenvalue weighted by molar-refractivity contribution is 6.30. The van der Waals surface area contributed by atoms with Crippen LogP contribution in [0.1, 0.15) is 18.7 Å². The molecule has 4 heteroatoms. The SMILES string of the molecule is CC(Nc1cc(Cl)ccc1F)c1cc2ccccc2o1. The number of para-hydroxylation sites is 1. The highest BCUT2D eigenvalue weighted by Crippen LogP contribution is 2.28. The van der Waals surface area contributed by atoms with Gasteiger partial charge in [0.2, 0.25) is 0 Å². The average molecular weight is 290 g/mol. The van der Waals surface area contributed by atoms with Crippen LogP contribution in [0.5, 0.6) is 0 Å². The van der Waals surface area contributed by atoms with Crippen molar-refractivity contribution in [3.05, 3.63) is 65.1 Å². The number of fused-ring (bicyclic) bond motifs is 1. The molecule has 0 saturated heterocycles. The Morgan fingerprint density at radius 2 is 1.95 bits per heavy atom. The molecule has 1 aromatic heterocycles. The van der Waals surface area contributed by atoms with Crippen molar-refractivity contribution in [3.8, 4) is 0 Å². The number of furan rings is 1. The first kappa shape index (κ1) is 13.0. The minimum atomic E-state index is -0.336. The second-order valence-corrected chi connectivity index (χ2v) is 5.11. The lowest BCUT2D eigenvalue weighted by Gasteiger charge is -2.13. The van der Waals surface area contributed by atoms with Crippen molar-refractivity contribution >= 4 is 28.3 Å². The molecule has 2 aromatic carbocycles. The van der Waals surface area contributed by atoms with Crippen LogP contribution in [0.25, 0.3) is 11.0 Å². The fourth-order valence-electron chi connectivity index (χ4n) is 2.13. The third kappa shape index (κ3) is 2.49. The van der Waals surface area contributed by atoms with Crippen molar-refractivity contribution < 1.29 is 8.81 Å². The highest BCUT2D eigenvalue weighted by Gasteiger charge is 2.13. The molecule has 1 N–H and O–H groups in total. The minimum Gasteiger partial charge on any atom is -0.459 e. The monoisotopic (exact) mass is 289 g/mol. The topological polar surface area (TPSA) is 25.2 Å². The second-order valence-electron chi connectivity index (χ2n) is 4.68. The molecule has 20 heavy (non-hydrogen) atoms. The van der Waals surface area contributed by atoms with E-state index in [2.05, 4.69) is 5.32 Å². The van der Waals surface area contributed by atoms with Gasteiger partial charge in [-0.3, -0.25) is 0 Å². The molecule has 0 amide bonds. The van der Waals surface area contributed by atoms with Gasteiger partial charge in [0.05, 0.1) is 11.7 Å². The molecular formula is C16H13ClFNO. The van der Waals surface area contributed by atoms with E-state index in [1.54, 1.807) is 6.07 Å². The van der Waals surface area contributed by atoms with Gasteiger partial charge in [0.15, 0.2) is 0 Å². The Kier molecular flexibility index (Phi) is 3.36. The van der Waals surface area contributed by atoms with Crippen molar-refractivity contribution in [1.29, 1.82) is 0 Å². The number of benzene rings is 2. The summed E-state index contributed by atoms with van der Waals surface area (Å²) in [6, 6.07) is 14.0. The van der Waals surface area contributed by atoms with Gasteiger partial charge in [-0.25, -0.2) is 4.39 Å². The summed E-state index contributed by atoms with van der Waals surface area (Å²) >= 11 is 5.88. The Labute approximate surface area is 121 Å². The molecule has 3 rings (SSSR count). The fraction of sp³-hybridized carbons (Fsp3) is 0.125. The van der Waals surface area contributed by atoms with Crippen molar-refractivity contribution in [1.82, 2.24) is 0 Å². The zero-order chi connectivity index (χ0) is 14.1. The summed E-state index contributed by atoms with van der Waals surface area (Å²) < 4.78 is 19.5. The summed E-state index contributed by atoms with van der Waals surface area (Å²) in [4.78, 5) is 0. The number of rotatable bonds is 3. The molecule has 3 aromatic rings. The van der Waals surface area contributed by atoms with Gasteiger partial charge < -0.3 is 9.73 Å². The first-order valence-corrected chi connectivity index (χ1v) is 6.71. The fourth-order valence-corrected chi connectivity index (χ4v) is 2.30. The molecule has 102 valence electrons. The zero-order valence-corrected chi connectivity index (χ0v) is 11.6. The van der Waals surface area contributed by atoms with E-state index in [9.17, 15) is 4.39 Å². The van der Waals surface area contributed by atoms with Gasteiger partial charge in [0.25, 0.3) is 0 Å². The lowest BCUT2D eigenvalue weighted by Crippen LogP contribution is -2.06. The van der Waals surface area contributed by atoms with Gasteiger partial charge in [-0.1, -0.05) is 29.8 Å². The number of hydrogen-bond donors (Lipinski definition) is 1. The van der Waals surface area contributed by atoms with Crippen LogP contribution in [-0.2, 0) is 0 Å². The van der Waals surface area contributed by atoms with Crippen LogP contribution in [0.4, 0.5) is 10.1 Å². The van der Waals surface area contributed by atoms with E-state index in [4.69, 9.17) is 16.0 Å². The van der Waals surface area contributed by atoms with Gasteiger partial charge >= 0.3 is 0 Å². The van der Waals surface area contributed by atoms with E-state index >= 15 is 0 Å². The molecule has 1 heterocycles. The van der Waals surface area contributed by atoms with Crippen LogP contribution < -0.4 is 5.32 Å². The largest absolute Gasteiger partial charge is 0.459 e. The third-order valence-corrected chi connectivity index (χ3v) is 3.41. The van der Waals surface area contributed by atoms with E-state index in [1.807, 2.05) is 37.3 Å². The van der Waals surface area contributed by atoms with Crippen LogP contribution in [0.2, 0.25) is 5.02 Å². The highest BCUT2D eigenvalue weighted by atomic mass is 35.5. The summed E-state index contributed by atoms with van der Waals surface area (Å²) in [6.45, 7) is 1.91. The maximum Gasteiger partial charge on any atom is 0.146 e. The first-order valence-electron chi connectivity index (χ1n) is 6.33. The maximum atomic E-state index is 13.7. The predicted octanol–water partition coefficient (Wildman–Crippen LogP) is 5.40. The molecule has 0 bridgehead atoms. The smallest absolute Gasteiger partial charge is 0.146 e. The molecule has 1 atom stereocenters. The molecular weight excluding hydrogens is 277 g/mol. The summed E-state index contributed by atoms with van der Waals surface area (Å²) in [5.41, 5.74) is 1.19. The molecule has 0 saturated carbocycles. The van der Waals surface area contributed by atoms with Crippen LogP contribution in [0.15, 0.2) is 52.9 Å². The normalized spacial score (nSPS) is 12.6. The van der Waals surface area contributed by atoms with Crippen molar-refractivity contribution in [2.75, 3.05) is 5.32 Å². The third-order valence-electron chi connectivity index (χ3n) is 3.17. The van der Waals surface area contributed by atoms with Crippen LogP contribution in [-0.4, -0.2) is 0 Å².